The number of hydrogen-bond donors (Lipinski definition) is 1. The molecule has 0 radical (unpaired) electrons. The Morgan fingerprint density at radius 1 is 1.10 bits per heavy atom. The van der Waals surface area contributed by atoms with Crippen LogP contribution in [-0.2, 0) is 6.42 Å². The second-order valence-electron chi connectivity index (χ2n) is 5.65. The Morgan fingerprint density at radius 3 is 2.52 bits per heavy atom. The minimum Gasteiger partial charge on any atom is -0.316 e. The number of halogens is 1. The van der Waals surface area contributed by atoms with Crippen molar-refractivity contribution in [3.05, 3.63) is 70.2 Å². The summed E-state index contributed by atoms with van der Waals surface area (Å²) in [5.74, 6) is 0.482. The van der Waals surface area contributed by atoms with E-state index in [9.17, 15) is 0 Å². The fourth-order valence-corrected chi connectivity index (χ4v) is 2.75. The Balaban J connectivity index is 2.13. The van der Waals surface area contributed by atoms with E-state index < -0.39 is 0 Å². The van der Waals surface area contributed by atoms with E-state index >= 15 is 0 Å². The summed E-state index contributed by atoms with van der Waals surface area (Å²) in [6, 6.07) is 17.1. The number of nitrogens with one attached hydrogen (secondary N) is 1. The fourth-order valence-electron chi connectivity index (χ4n) is 2.62. The van der Waals surface area contributed by atoms with Crippen LogP contribution in [-0.4, -0.2) is 13.1 Å². The van der Waals surface area contributed by atoms with E-state index in [2.05, 4.69) is 55.6 Å². The molecular weight excluding hydrogens is 278 g/mol. The summed E-state index contributed by atoms with van der Waals surface area (Å²) >= 11 is 6.01. The second kappa shape index (κ2) is 8.21. The Hall–Kier alpha value is -1.31. The second-order valence-corrected chi connectivity index (χ2v) is 6.08. The highest BCUT2D eigenvalue weighted by Gasteiger charge is 2.12. The molecule has 1 N–H and O–H groups in total. The van der Waals surface area contributed by atoms with E-state index in [1.165, 1.54) is 16.7 Å². The molecule has 2 aromatic rings. The van der Waals surface area contributed by atoms with Gasteiger partial charge in [-0.2, -0.15) is 0 Å². The molecule has 2 rings (SSSR count). The minimum atomic E-state index is 0.482. The van der Waals surface area contributed by atoms with E-state index in [4.69, 9.17) is 11.6 Å². The summed E-state index contributed by atoms with van der Waals surface area (Å²) < 4.78 is 0. The van der Waals surface area contributed by atoms with Crippen LogP contribution in [0.3, 0.4) is 0 Å². The predicted octanol–water partition coefficient (Wildman–Crippen LogP) is 4.97. The maximum Gasteiger partial charge on any atom is 0.0406 e. The van der Waals surface area contributed by atoms with Gasteiger partial charge in [-0.15, -0.1) is 0 Å². The van der Waals surface area contributed by atoms with Crippen molar-refractivity contribution < 1.29 is 0 Å². The van der Waals surface area contributed by atoms with Crippen LogP contribution in [0.5, 0.6) is 0 Å². The lowest BCUT2D eigenvalue weighted by Gasteiger charge is -2.19. The zero-order chi connectivity index (χ0) is 15.1. The molecule has 0 saturated heterocycles. The van der Waals surface area contributed by atoms with E-state index in [0.717, 1.165) is 31.0 Å². The molecule has 0 saturated carbocycles. The molecule has 0 aliphatic heterocycles. The largest absolute Gasteiger partial charge is 0.316 e. The van der Waals surface area contributed by atoms with Gasteiger partial charge in [0.25, 0.3) is 0 Å². The van der Waals surface area contributed by atoms with Crippen molar-refractivity contribution in [3.8, 4) is 0 Å². The van der Waals surface area contributed by atoms with Gasteiger partial charge < -0.3 is 5.32 Å². The molecule has 112 valence electrons. The lowest BCUT2D eigenvalue weighted by molar-refractivity contribution is 0.576. The first kappa shape index (κ1) is 16.1. The van der Waals surface area contributed by atoms with Crippen LogP contribution >= 0.6 is 11.6 Å². The van der Waals surface area contributed by atoms with Gasteiger partial charge in [0.05, 0.1) is 0 Å². The zero-order valence-corrected chi connectivity index (χ0v) is 13.7. The summed E-state index contributed by atoms with van der Waals surface area (Å²) in [5, 5.41) is 4.35. The Bertz CT molecular complexity index is 548. The average Bonchev–Trinajstić information content (AvgIpc) is 2.47. The first-order valence-corrected chi connectivity index (χ1v) is 8.08. The number of rotatable bonds is 7. The molecule has 0 bridgehead atoms. The zero-order valence-electron chi connectivity index (χ0n) is 12.9. The third kappa shape index (κ3) is 5.18. The molecule has 0 heterocycles. The summed E-state index contributed by atoms with van der Waals surface area (Å²) in [7, 11) is 0. The molecular formula is C19H24ClN. The third-order valence-corrected chi connectivity index (χ3v) is 3.98. The molecule has 0 aliphatic rings. The van der Waals surface area contributed by atoms with Crippen LogP contribution in [0.4, 0.5) is 0 Å². The topological polar surface area (TPSA) is 12.0 Å². The van der Waals surface area contributed by atoms with E-state index in [1.54, 1.807) is 0 Å². The number of aryl methyl sites for hydroxylation is 1. The third-order valence-electron chi connectivity index (χ3n) is 3.72. The molecule has 0 spiro atoms. The van der Waals surface area contributed by atoms with Gasteiger partial charge in [-0.05, 0) is 49.6 Å². The molecule has 2 aromatic carbocycles. The standard InChI is InChI=1S/C19H24ClN/c1-3-11-21-14-18(17-7-9-19(20)10-8-17)13-16-6-4-5-15(2)12-16/h4-10,12,18,21H,3,11,13-14H2,1-2H3. The molecule has 0 amide bonds. The first-order valence-electron chi connectivity index (χ1n) is 7.70. The molecule has 0 aliphatic carbocycles. The molecule has 2 heteroatoms. The van der Waals surface area contributed by atoms with Crippen molar-refractivity contribution in [2.24, 2.45) is 0 Å². The van der Waals surface area contributed by atoms with Crippen molar-refractivity contribution in [1.82, 2.24) is 5.32 Å². The SMILES string of the molecule is CCCNCC(Cc1cccc(C)c1)c1ccc(Cl)cc1. The van der Waals surface area contributed by atoms with E-state index in [1.807, 2.05) is 12.1 Å². The smallest absolute Gasteiger partial charge is 0.0406 e. The number of benzene rings is 2. The van der Waals surface area contributed by atoms with Crippen molar-refractivity contribution >= 4 is 11.6 Å². The Kier molecular flexibility index (Phi) is 6.28. The van der Waals surface area contributed by atoms with Gasteiger partial charge in [0.1, 0.15) is 0 Å². The van der Waals surface area contributed by atoms with Crippen LogP contribution in [0.2, 0.25) is 5.02 Å². The maximum atomic E-state index is 6.01. The fraction of sp³-hybridized carbons (Fsp3) is 0.368. The van der Waals surface area contributed by atoms with Crippen LogP contribution in [0.15, 0.2) is 48.5 Å². The highest BCUT2D eigenvalue weighted by Crippen LogP contribution is 2.22. The van der Waals surface area contributed by atoms with Gasteiger partial charge in [0.15, 0.2) is 0 Å². The molecule has 1 atom stereocenters. The molecule has 0 aromatic heterocycles. The predicted molar refractivity (Wildman–Crippen MR) is 92.2 cm³/mol. The minimum absolute atomic E-state index is 0.482. The van der Waals surface area contributed by atoms with Crippen molar-refractivity contribution in [2.45, 2.75) is 32.6 Å². The number of hydrogen-bond acceptors (Lipinski definition) is 1. The van der Waals surface area contributed by atoms with E-state index in [0.29, 0.717) is 5.92 Å². The first-order chi connectivity index (χ1) is 10.2. The van der Waals surface area contributed by atoms with Gasteiger partial charge in [0.2, 0.25) is 0 Å². The molecule has 1 unspecified atom stereocenters. The summed E-state index contributed by atoms with van der Waals surface area (Å²) in [6.45, 7) is 6.42. The maximum absolute atomic E-state index is 6.01. The lowest BCUT2D eigenvalue weighted by Crippen LogP contribution is -2.23. The normalized spacial score (nSPS) is 12.3. The van der Waals surface area contributed by atoms with E-state index in [-0.39, 0.29) is 0 Å². The van der Waals surface area contributed by atoms with Gasteiger partial charge in [0, 0.05) is 17.5 Å². The highest BCUT2D eigenvalue weighted by molar-refractivity contribution is 6.30. The van der Waals surface area contributed by atoms with Gasteiger partial charge in [-0.1, -0.05) is 60.5 Å². The summed E-state index contributed by atoms with van der Waals surface area (Å²) in [5.41, 5.74) is 4.07. The van der Waals surface area contributed by atoms with Crippen LogP contribution in [0.1, 0.15) is 36.0 Å². The van der Waals surface area contributed by atoms with Crippen molar-refractivity contribution in [2.75, 3.05) is 13.1 Å². The van der Waals surface area contributed by atoms with Crippen LogP contribution in [0.25, 0.3) is 0 Å². The monoisotopic (exact) mass is 301 g/mol. The van der Waals surface area contributed by atoms with Crippen molar-refractivity contribution in [3.63, 3.8) is 0 Å². The van der Waals surface area contributed by atoms with Crippen molar-refractivity contribution in [1.29, 1.82) is 0 Å². The van der Waals surface area contributed by atoms with Gasteiger partial charge in [-0.3, -0.25) is 0 Å². The molecule has 21 heavy (non-hydrogen) atoms. The Labute approximate surface area is 133 Å². The molecule has 0 fully saturated rings. The summed E-state index contributed by atoms with van der Waals surface area (Å²) in [6.07, 6.45) is 2.22. The lowest BCUT2D eigenvalue weighted by atomic mass is 9.91. The highest BCUT2D eigenvalue weighted by atomic mass is 35.5. The summed E-state index contributed by atoms with van der Waals surface area (Å²) in [4.78, 5) is 0. The molecule has 1 nitrogen and oxygen atoms in total. The quantitative estimate of drug-likeness (QED) is 0.712. The van der Waals surface area contributed by atoms with Crippen LogP contribution in [0, 0.1) is 6.92 Å². The van der Waals surface area contributed by atoms with Crippen LogP contribution < -0.4 is 5.32 Å². The van der Waals surface area contributed by atoms with Gasteiger partial charge in [-0.25, -0.2) is 0 Å². The Morgan fingerprint density at radius 2 is 1.86 bits per heavy atom. The van der Waals surface area contributed by atoms with Gasteiger partial charge >= 0.3 is 0 Å². The average molecular weight is 302 g/mol.